The van der Waals surface area contributed by atoms with Gasteiger partial charge in [-0.15, -0.1) is 0 Å². The Kier molecular flexibility index (Phi) is 3.27. The molecule has 0 amide bonds. The summed E-state index contributed by atoms with van der Waals surface area (Å²) in [6.07, 6.45) is 3.33. The highest BCUT2D eigenvalue weighted by Gasteiger charge is 2.12. The van der Waals surface area contributed by atoms with Gasteiger partial charge in [-0.25, -0.2) is 4.98 Å². The third kappa shape index (κ3) is 2.69. The lowest BCUT2D eigenvalue weighted by Gasteiger charge is -2.01. The van der Waals surface area contributed by atoms with Gasteiger partial charge in [0.15, 0.2) is 5.76 Å². The maximum Gasteiger partial charge on any atom is 0.308 e. The number of aryl methyl sites for hydroxylation is 1. The van der Waals surface area contributed by atoms with Crippen molar-refractivity contribution in [1.29, 1.82) is 0 Å². The summed E-state index contributed by atoms with van der Waals surface area (Å²) in [6.45, 7) is 3.27. The molecule has 1 N–H and O–H groups in total. The normalized spacial score (nSPS) is 10.6. The van der Waals surface area contributed by atoms with E-state index in [0.717, 1.165) is 16.8 Å². The molecular formula is C15H13N3O3. The lowest BCUT2D eigenvalue weighted by Crippen LogP contribution is -2.00. The summed E-state index contributed by atoms with van der Waals surface area (Å²) in [4.78, 5) is 15.1. The Labute approximate surface area is 120 Å². The zero-order valence-electron chi connectivity index (χ0n) is 11.6. The van der Waals surface area contributed by atoms with Gasteiger partial charge in [0.05, 0.1) is 18.0 Å². The second kappa shape index (κ2) is 5.24. The first kappa shape index (κ1) is 13.1. The number of hydrogen-bond donors (Lipinski definition) is 1. The average Bonchev–Trinajstić information content (AvgIpc) is 3.07. The molecule has 3 aromatic rings. The summed E-state index contributed by atoms with van der Waals surface area (Å²) in [7, 11) is 0. The summed E-state index contributed by atoms with van der Waals surface area (Å²) in [5.74, 6) is 1.30. The van der Waals surface area contributed by atoms with E-state index in [2.05, 4.69) is 15.2 Å². The van der Waals surface area contributed by atoms with Crippen molar-refractivity contribution < 1.29 is 13.9 Å². The van der Waals surface area contributed by atoms with E-state index in [1.165, 1.54) is 6.92 Å². The molecule has 0 spiro atoms. The number of oxazole rings is 1. The molecule has 0 atom stereocenters. The van der Waals surface area contributed by atoms with Crippen molar-refractivity contribution in [3.05, 3.63) is 42.4 Å². The Morgan fingerprint density at radius 3 is 2.62 bits per heavy atom. The van der Waals surface area contributed by atoms with Gasteiger partial charge in [-0.2, -0.15) is 5.10 Å². The Hall–Kier alpha value is -2.89. The van der Waals surface area contributed by atoms with Gasteiger partial charge in [0.25, 0.3) is 0 Å². The van der Waals surface area contributed by atoms with Crippen molar-refractivity contribution >= 4 is 5.97 Å². The van der Waals surface area contributed by atoms with Gasteiger partial charge in [0, 0.05) is 18.2 Å². The van der Waals surface area contributed by atoms with Gasteiger partial charge in [-0.05, 0) is 31.2 Å². The number of carbonyl (C=O) groups is 1. The molecule has 6 heteroatoms. The van der Waals surface area contributed by atoms with Gasteiger partial charge >= 0.3 is 5.97 Å². The van der Waals surface area contributed by atoms with Gasteiger partial charge < -0.3 is 9.15 Å². The van der Waals surface area contributed by atoms with Crippen LogP contribution in [-0.4, -0.2) is 21.2 Å². The minimum absolute atomic E-state index is 0.347. The zero-order chi connectivity index (χ0) is 14.8. The van der Waals surface area contributed by atoms with Crippen molar-refractivity contribution in [2.45, 2.75) is 13.8 Å². The Balaban J connectivity index is 1.86. The molecule has 3 rings (SSSR count). The van der Waals surface area contributed by atoms with Crippen LogP contribution < -0.4 is 4.74 Å². The molecule has 0 saturated heterocycles. The maximum atomic E-state index is 10.9. The minimum Gasteiger partial charge on any atom is -0.436 e. The lowest BCUT2D eigenvalue weighted by molar-refractivity contribution is -0.131. The third-order valence-corrected chi connectivity index (χ3v) is 2.97. The van der Waals surface area contributed by atoms with Crippen LogP contribution in [0.2, 0.25) is 0 Å². The minimum atomic E-state index is -0.347. The molecule has 0 aliphatic carbocycles. The Morgan fingerprint density at radius 2 is 2.00 bits per heavy atom. The van der Waals surface area contributed by atoms with E-state index in [-0.39, 0.29) is 5.97 Å². The smallest absolute Gasteiger partial charge is 0.308 e. The number of aromatic nitrogens is 3. The van der Waals surface area contributed by atoms with Gasteiger partial charge in [0.1, 0.15) is 5.75 Å². The van der Waals surface area contributed by atoms with E-state index in [4.69, 9.17) is 9.15 Å². The number of hydrogen-bond acceptors (Lipinski definition) is 5. The number of esters is 1. The summed E-state index contributed by atoms with van der Waals surface area (Å²) in [5, 5.41) is 6.79. The summed E-state index contributed by atoms with van der Waals surface area (Å²) in [6, 6.07) is 7.04. The average molecular weight is 283 g/mol. The number of benzene rings is 1. The largest absolute Gasteiger partial charge is 0.436 e. The van der Waals surface area contributed by atoms with Crippen molar-refractivity contribution in [2.24, 2.45) is 0 Å². The predicted octanol–water partition coefficient (Wildman–Crippen LogP) is 2.97. The zero-order valence-corrected chi connectivity index (χ0v) is 11.6. The topological polar surface area (TPSA) is 81.0 Å². The molecule has 0 aliphatic heterocycles. The van der Waals surface area contributed by atoms with Crippen LogP contribution in [0.25, 0.3) is 22.8 Å². The van der Waals surface area contributed by atoms with Gasteiger partial charge in [-0.3, -0.25) is 9.89 Å². The second-order valence-corrected chi connectivity index (χ2v) is 4.56. The molecule has 0 saturated carbocycles. The van der Waals surface area contributed by atoms with E-state index in [1.807, 2.05) is 19.1 Å². The molecule has 1 aromatic carbocycles. The van der Waals surface area contributed by atoms with E-state index in [9.17, 15) is 4.79 Å². The van der Waals surface area contributed by atoms with E-state index in [1.54, 1.807) is 24.5 Å². The molecule has 0 radical (unpaired) electrons. The summed E-state index contributed by atoms with van der Waals surface area (Å²) < 4.78 is 10.7. The number of nitrogens with one attached hydrogen (secondary N) is 1. The number of H-pyrrole nitrogens is 1. The molecule has 0 unspecified atom stereocenters. The fourth-order valence-electron chi connectivity index (χ4n) is 1.95. The second-order valence-electron chi connectivity index (χ2n) is 4.56. The van der Waals surface area contributed by atoms with Crippen LogP contribution in [0.4, 0.5) is 0 Å². The third-order valence-electron chi connectivity index (χ3n) is 2.97. The Bertz CT molecular complexity index is 772. The molecule has 0 bridgehead atoms. The van der Waals surface area contributed by atoms with Crippen molar-refractivity contribution in [3.8, 4) is 28.5 Å². The van der Waals surface area contributed by atoms with Crippen LogP contribution in [-0.2, 0) is 4.79 Å². The number of aromatic amines is 1. The predicted molar refractivity (Wildman–Crippen MR) is 75.6 cm³/mol. The van der Waals surface area contributed by atoms with E-state index < -0.39 is 0 Å². The van der Waals surface area contributed by atoms with Crippen LogP contribution in [0.5, 0.6) is 5.75 Å². The maximum absolute atomic E-state index is 10.9. The molecule has 2 heterocycles. The van der Waals surface area contributed by atoms with Crippen molar-refractivity contribution in [1.82, 2.24) is 15.2 Å². The van der Waals surface area contributed by atoms with E-state index >= 15 is 0 Å². The number of ether oxygens (including phenoxy) is 1. The highest BCUT2D eigenvalue weighted by atomic mass is 16.5. The first-order valence-corrected chi connectivity index (χ1v) is 6.38. The fourth-order valence-corrected chi connectivity index (χ4v) is 1.95. The van der Waals surface area contributed by atoms with Crippen LogP contribution in [0.1, 0.15) is 12.6 Å². The molecule has 2 aromatic heterocycles. The number of carbonyl (C=O) groups excluding carboxylic acids is 1. The Morgan fingerprint density at radius 1 is 1.24 bits per heavy atom. The summed E-state index contributed by atoms with van der Waals surface area (Å²) >= 11 is 0. The van der Waals surface area contributed by atoms with Crippen molar-refractivity contribution in [3.63, 3.8) is 0 Å². The van der Waals surface area contributed by atoms with Gasteiger partial charge in [-0.1, -0.05) is 0 Å². The molecule has 106 valence electrons. The first-order chi connectivity index (χ1) is 10.1. The molecule has 6 nitrogen and oxygen atoms in total. The van der Waals surface area contributed by atoms with Crippen molar-refractivity contribution in [2.75, 3.05) is 0 Å². The molecule has 0 aliphatic rings. The quantitative estimate of drug-likeness (QED) is 0.590. The molecule has 0 fully saturated rings. The number of rotatable bonds is 3. The highest BCUT2D eigenvalue weighted by molar-refractivity contribution is 5.70. The first-order valence-electron chi connectivity index (χ1n) is 6.38. The van der Waals surface area contributed by atoms with Crippen LogP contribution in [0.15, 0.2) is 41.1 Å². The SMILES string of the molecule is CC(=O)Oc1ccc(-c2cnc(-c3cn[nH]c3C)o2)cc1. The van der Waals surface area contributed by atoms with Gasteiger partial charge in [0.2, 0.25) is 5.89 Å². The monoisotopic (exact) mass is 283 g/mol. The summed E-state index contributed by atoms with van der Waals surface area (Å²) in [5.41, 5.74) is 2.58. The highest BCUT2D eigenvalue weighted by Crippen LogP contribution is 2.28. The fraction of sp³-hybridized carbons (Fsp3) is 0.133. The van der Waals surface area contributed by atoms with Crippen LogP contribution in [0, 0.1) is 6.92 Å². The number of nitrogens with zero attached hydrogens (tertiary/aromatic N) is 2. The van der Waals surface area contributed by atoms with Crippen LogP contribution in [0.3, 0.4) is 0 Å². The van der Waals surface area contributed by atoms with Crippen LogP contribution >= 0.6 is 0 Å². The lowest BCUT2D eigenvalue weighted by atomic mass is 10.2. The molecule has 21 heavy (non-hydrogen) atoms. The van der Waals surface area contributed by atoms with E-state index in [0.29, 0.717) is 17.4 Å². The molecular weight excluding hydrogens is 270 g/mol. The standard InChI is InChI=1S/C15H13N3O3/c1-9-13(7-17-18-9)15-16-8-14(21-15)11-3-5-12(6-4-11)20-10(2)19/h3-8H,1-2H3,(H,17,18).